The molecule has 0 spiro atoms. The van der Waals surface area contributed by atoms with Crippen LogP contribution in [0.25, 0.3) is 0 Å². The fourth-order valence-electron chi connectivity index (χ4n) is 12.8. The Bertz CT molecular complexity index is 3160. The number of nitrogens with zero attached hydrogens (tertiary/aromatic N) is 3. The van der Waals surface area contributed by atoms with Gasteiger partial charge in [-0.1, -0.05) is 168 Å². The molecule has 1 aliphatic carbocycles. The van der Waals surface area contributed by atoms with E-state index in [1.807, 2.05) is 0 Å². The maximum Gasteiger partial charge on any atom is 0.252 e. The van der Waals surface area contributed by atoms with E-state index >= 15 is 0 Å². The van der Waals surface area contributed by atoms with Crippen molar-refractivity contribution in [3.63, 3.8) is 0 Å². The number of hydrogen-bond acceptors (Lipinski definition) is 3. The number of hydrogen-bond donors (Lipinski definition) is 0. The van der Waals surface area contributed by atoms with Crippen LogP contribution in [0.5, 0.6) is 0 Å². The van der Waals surface area contributed by atoms with Crippen LogP contribution < -0.4 is 31.1 Å². The van der Waals surface area contributed by atoms with Gasteiger partial charge in [-0.25, -0.2) is 0 Å². The van der Waals surface area contributed by atoms with Crippen molar-refractivity contribution in [3.8, 4) is 0 Å². The Labute approximate surface area is 398 Å². The standard InChI is InChI=1S/C63H60BN3/c1-43-38-58-60-59(39-43)66(49-31-29-47(30-32-49)61(2,3)4)57-42-50(33-34-54(57)64(60)53-26-16-17-27-56(53)65(58)48-24-14-9-15-25-48)67-55-35-28-46(41-52(55)62(5)36-18-19-37-63(62,67)6)51(45-22-12-8-13-23-45)40-44-20-10-7-11-21-44/h7-17,20-35,38-39,41-42,51H,18-19,36-37,40H2,1-6H3. The van der Waals surface area contributed by atoms with Crippen molar-refractivity contribution in [2.24, 2.45) is 0 Å². The molecule has 3 heterocycles. The lowest BCUT2D eigenvalue weighted by molar-refractivity contribution is 0.195. The first-order valence-corrected chi connectivity index (χ1v) is 24.7. The maximum absolute atomic E-state index is 2.78. The summed E-state index contributed by atoms with van der Waals surface area (Å²) >= 11 is 0. The molecule has 67 heavy (non-hydrogen) atoms. The van der Waals surface area contributed by atoms with Crippen molar-refractivity contribution in [3.05, 3.63) is 221 Å². The van der Waals surface area contributed by atoms with E-state index in [9.17, 15) is 0 Å². The summed E-state index contributed by atoms with van der Waals surface area (Å²) in [5.41, 5.74) is 22.2. The molecule has 3 aliphatic heterocycles. The van der Waals surface area contributed by atoms with Gasteiger partial charge in [0.2, 0.25) is 0 Å². The number of benzene rings is 8. The van der Waals surface area contributed by atoms with Crippen LogP contribution in [0.3, 0.4) is 0 Å². The number of anilines is 8. The van der Waals surface area contributed by atoms with Gasteiger partial charge in [0.1, 0.15) is 0 Å². The van der Waals surface area contributed by atoms with Crippen molar-refractivity contribution in [2.45, 2.75) is 95.9 Å². The molecular weight excluding hydrogens is 810 g/mol. The van der Waals surface area contributed by atoms with Gasteiger partial charge in [0.05, 0.1) is 5.54 Å². The van der Waals surface area contributed by atoms with Crippen molar-refractivity contribution < 1.29 is 0 Å². The van der Waals surface area contributed by atoms with E-state index < -0.39 is 0 Å². The zero-order chi connectivity index (χ0) is 45.7. The van der Waals surface area contributed by atoms with Crippen LogP contribution in [0, 0.1) is 6.92 Å². The Kier molecular flexibility index (Phi) is 9.73. The predicted octanol–water partition coefficient (Wildman–Crippen LogP) is 14.5. The Morgan fingerprint density at radius 1 is 0.522 bits per heavy atom. The van der Waals surface area contributed by atoms with Crippen LogP contribution >= 0.6 is 0 Å². The number of rotatable bonds is 7. The summed E-state index contributed by atoms with van der Waals surface area (Å²) in [5, 5.41) is 0. The third kappa shape index (κ3) is 6.54. The van der Waals surface area contributed by atoms with Crippen LogP contribution in [0.1, 0.15) is 99.6 Å². The van der Waals surface area contributed by atoms with Gasteiger partial charge in [-0.15, -0.1) is 0 Å². The molecule has 0 amide bonds. The largest absolute Gasteiger partial charge is 0.334 e. The molecule has 0 bridgehead atoms. The highest BCUT2D eigenvalue weighted by atomic mass is 15.3. The fourth-order valence-corrected chi connectivity index (χ4v) is 12.8. The molecule has 1 saturated carbocycles. The SMILES string of the molecule is Cc1cc2c3c(c1)N(c1ccc(C(C)(C)C)cc1)c1cc(N4c5ccc(C(Cc6ccccc6)c6ccccc6)cc5C5(C)CCCCC45C)ccc1B3c1ccccc1N2c1ccccc1. The summed E-state index contributed by atoms with van der Waals surface area (Å²) in [6.45, 7) is 14.4. The molecule has 3 unspecified atom stereocenters. The quantitative estimate of drug-likeness (QED) is 0.148. The maximum atomic E-state index is 2.78. The first-order valence-electron chi connectivity index (χ1n) is 24.7. The number of fused-ring (bicyclic) bond motifs is 7. The lowest BCUT2D eigenvalue weighted by Crippen LogP contribution is -2.61. The first-order chi connectivity index (χ1) is 32.5. The summed E-state index contributed by atoms with van der Waals surface area (Å²) in [5.74, 6) is 0.257. The normalized spacial score (nSPS) is 19.6. The summed E-state index contributed by atoms with van der Waals surface area (Å²) in [6, 6.07) is 71.7. The molecule has 0 radical (unpaired) electrons. The van der Waals surface area contributed by atoms with Crippen LogP contribution in [0.15, 0.2) is 188 Å². The summed E-state index contributed by atoms with van der Waals surface area (Å²) in [7, 11) is 0. The summed E-state index contributed by atoms with van der Waals surface area (Å²) < 4.78 is 0. The highest BCUT2D eigenvalue weighted by Crippen LogP contribution is 2.61. The van der Waals surface area contributed by atoms with Crippen molar-refractivity contribution >= 4 is 68.6 Å². The van der Waals surface area contributed by atoms with Crippen LogP contribution in [-0.4, -0.2) is 12.3 Å². The van der Waals surface area contributed by atoms with Gasteiger partial charge in [0.25, 0.3) is 6.71 Å². The third-order valence-electron chi connectivity index (χ3n) is 16.4. The highest BCUT2D eigenvalue weighted by molar-refractivity contribution is 7.00. The molecule has 0 N–H and O–H groups in total. The molecule has 8 aromatic carbocycles. The van der Waals surface area contributed by atoms with Gasteiger partial charge in [-0.05, 0) is 149 Å². The van der Waals surface area contributed by atoms with E-state index in [4.69, 9.17) is 0 Å². The topological polar surface area (TPSA) is 9.72 Å². The lowest BCUT2D eigenvalue weighted by Gasteiger charge is -2.50. The molecule has 3 atom stereocenters. The van der Waals surface area contributed by atoms with Gasteiger partial charge in [0.15, 0.2) is 0 Å². The van der Waals surface area contributed by atoms with Crippen molar-refractivity contribution in [1.29, 1.82) is 0 Å². The molecule has 330 valence electrons. The second-order valence-electron chi connectivity index (χ2n) is 21.3. The van der Waals surface area contributed by atoms with E-state index in [0.29, 0.717) is 0 Å². The van der Waals surface area contributed by atoms with Gasteiger partial charge >= 0.3 is 0 Å². The number of aryl methyl sites for hydroxylation is 1. The molecule has 1 fully saturated rings. The van der Waals surface area contributed by atoms with E-state index in [-0.39, 0.29) is 29.0 Å². The summed E-state index contributed by atoms with van der Waals surface area (Å²) in [4.78, 5) is 7.88. The van der Waals surface area contributed by atoms with Gasteiger partial charge in [0, 0.05) is 56.8 Å². The highest BCUT2D eigenvalue weighted by Gasteiger charge is 2.58. The monoisotopic (exact) mass is 869 g/mol. The van der Waals surface area contributed by atoms with Crippen LogP contribution in [-0.2, 0) is 17.3 Å². The number of para-hydroxylation sites is 2. The smallest absolute Gasteiger partial charge is 0.252 e. The third-order valence-corrected chi connectivity index (χ3v) is 16.4. The van der Waals surface area contributed by atoms with E-state index in [1.165, 1.54) is 115 Å². The average Bonchev–Trinajstić information content (AvgIpc) is 3.55. The zero-order valence-electron chi connectivity index (χ0n) is 39.9. The fraction of sp³-hybridized carbons (Fsp3) is 0.238. The first kappa shape index (κ1) is 41.6. The molecule has 4 heteroatoms. The van der Waals surface area contributed by atoms with Gasteiger partial charge < -0.3 is 14.7 Å². The Hall–Kier alpha value is -6.78. The van der Waals surface area contributed by atoms with Crippen molar-refractivity contribution in [1.82, 2.24) is 0 Å². The minimum absolute atomic E-state index is 0.0230. The van der Waals surface area contributed by atoms with Crippen LogP contribution in [0.2, 0.25) is 0 Å². The molecule has 8 aromatic rings. The minimum Gasteiger partial charge on any atom is -0.334 e. The van der Waals surface area contributed by atoms with Crippen LogP contribution in [0.4, 0.5) is 45.5 Å². The molecule has 4 aliphatic rings. The Morgan fingerprint density at radius 3 is 1.84 bits per heavy atom. The van der Waals surface area contributed by atoms with E-state index in [1.54, 1.807) is 0 Å². The van der Waals surface area contributed by atoms with E-state index in [2.05, 4.69) is 244 Å². The molecule has 0 aromatic heterocycles. The average molecular weight is 870 g/mol. The Morgan fingerprint density at radius 2 is 1.12 bits per heavy atom. The molecular formula is C63H60BN3. The van der Waals surface area contributed by atoms with E-state index in [0.717, 1.165) is 12.8 Å². The Balaban J connectivity index is 1.06. The summed E-state index contributed by atoms with van der Waals surface area (Å²) in [6.07, 6.45) is 5.76. The predicted molar refractivity (Wildman–Crippen MR) is 285 cm³/mol. The van der Waals surface area contributed by atoms with Crippen molar-refractivity contribution in [2.75, 3.05) is 14.7 Å². The molecule has 0 saturated heterocycles. The lowest BCUT2D eigenvalue weighted by atomic mass is 9.33. The second-order valence-corrected chi connectivity index (χ2v) is 21.3. The molecule has 12 rings (SSSR count). The second kappa shape index (κ2) is 15.7. The van der Waals surface area contributed by atoms with Gasteiger partial charge in [-0.2, -0.15) is 0 Å². The van der Waals surface area contributed by atoms with Gasteiger partial charge in [-0.3, -0.25) is 0 Å². The zero-order valence-corrected chi connectivity index (χ0v) is 39.9. The minimum atomic E-state index is -0.106. The molecule has 3 nitrogen and oxygen atoms in total.